The van der Waals surface area contributed by atoms with Crippen molar-refractivity contribution >= 4 is 0 Å². The zero-order valence-corrected chi connectivity index (χ0v) is 10.7. The lowest BCUT2D eigenvalue weighted by Gasteiger charge is -2.14. The first-order chi connectivity index (χ1) is 8.17. The molecule has 0 amide bonds. The number of phenolic OH excluding ortho intramolecular Hbond substituents is 1. The highest BCUT2D eigenvalue weighted by Crippen LogP contribution is 2.22. The van der Waals surface area contributed by atoms with E-state index >= 15 is 0 Å². The molecule has 0 aromatic heterocycles. The third-order valence-electron chi connectivity index (χ3n) is 2.50. The molecule has 2 N–H and O–H groups in total. The van der Waals surface area contributed by atoms with Gasteiger partial charge in [0.25, 0.3) is 0 Å². The second-order valence-electron chi connectivity index (χ2n) is 3.94. The average molecular weight is 239 g/mol. The summed E-state index contributed by atoms with van der Waals surface area (Å²) in [5, 5.41) is 13.0. The van der Waals surface area contributed by atoms with Gasteiger partial charge < -0.3 is 19.9 Å². The van der Waals surface area contributed by atoms with Crippen molar-refractivity contribution < 1.29 is 14.6 Å². The van der Waals surface area contributed by atoms with Crippen molar-refractivity contribution in [2.45, 2.75) is 26.4 Å². The van der Waals surface area contributed by atoms with Crippen LogP contribution in [-0.4, -0.2) is 31.5 Å². The van der Waals surface area contributed by atoms with Crippen molar-refractivity contribution in [3.63, 3.8) is 0 Å². The zero-order valence-electron chi connectivity index (χ0n) is 10.7. The van der Waals surface area contributed by atoms with Crippen molar-refractivity contribution in [3.05, 3.63) is 23.8 Å². The quantitative estimate of drug-likeness (QED) is 0.763. The minimum Gasteiger partial charge on any atom is -0.508 e. The maximum absolute atomic E-state index is 9.69. The fraction of sp³-hybridized carbons (Fsp3) is 0.538. The van der Waals surface area contributed by atoms with Gasteiger partial charge in [0, 0.05) is 24.8 Å². The van der Waals surface area contributed by atoms with Crippen LogP contribution < -0.4 is 10.1 Å². The van der Waals surface area contributed by atoms with Crippen LogP contribution in [0.2, 0.25) is 0 Å². The molecule has 17 heavy (non-hydrogen) atoms. The molecular formula is C13H21NO3. The van der Waals surface area contributed by atoms with E-state index in [2.05, 4.69) is 5.32 Å². The predicted octanol–water partition coefficient (Wildman–Crippen LogP) is 1.92. The maximum atomic E-state index is 9.69. The van der Waals surface area contributed by atoms with Crippen molar-refractivity contribution in [2.75, 3.05) is 20.3 Å². The van der Waals surface area contributed by atoms with Crippen LogP contribution >= 0.6 is 0 Å². The van der Waals surface area contributed by atoms with Gasteiger partial charge in [-0.1, -0.05) is 0 Å². The van der Waals surface area contributed by atoms with Gasteiger partial charge in [-0.05, 0) is 32.0 Å². The van der Waals surface area contributed by atoms with Gasteiger partial charge in [0.15, 0.2) is 0 Å². The van der Waals surface area contributed by atoms with Crippen molar-refractivity contribution in [3.8, 4) is 11.5 Å². The number of phenols is 1. The molecule has 96 valence electrons. The van der Waals surface area contributed by atoms with Gasteiger partial charge in [0.2, 0.25) is 0 Å². The van der Waals surface area contributed by atoms with Gasteiger partial charge in [-0.25, -0.2) is 0 Å². The molecule has 0 spiro atoms. The fourth-order valence-electron chi connectivity index (χ4n) is 1.47. The number of rotatable bonds is 7. The normalized spacial score (nSPS) is 12.4. The van der Waals surface area contributed by atoms with Gasteiger partial charge in [-0.2, -0.15) is 0 Å². The van der Waals surface area contributed by atoms with E-state index in [0.29, 0.717) is 13.2 Å². The van der Waals surface area contributed by atoms with E-state index in [0.717, 1.165) is 17.9 Å². The Balaban J connectivity index is 2.50. The van der Waals surface area contributed by atoms with Crippen LogP contribution in [-0.2, 0) is 11.3 Å². The summed E-state index contributed by atoms with van der Waals surface area (Å²) in [5.41, 5.74) is 0.827. The molecule has 0 aliphatic rings. The minimum atomic E-state index is 0.251. The Bertz CT molecular complexity index is 341. The fourth-order valence-corrected chi connectivity index (χ4v) is 1.47. The van der Waals surface area contributed by atoms with Gasteiger partial charge in [-0.15, -0.1) is 0 Å². The highest BCUT2D eigenvalue weighted by Gasteiger charge is 2.06. The Morgan fingerprint density at radius 3 is 2.82 bits per heavy atom. The molecule has 1 atom stereocenters. The minimum absolute atomic E-state index is 0.251. The molecule has 1 rings (SSSR count). The summed E-state index contributed by atoms with van der Waals surface area (Å²) in [6.45, 7) is 6.00. The van der Waals surface area contributed by atoms with E-state index in [9.17, 15) is 5.11 Å². The van der Waals surface area contributed by atoms with Gasteiger partial charge in [0.05, 0.1) is 13.7 Å². The molecule has 0 aliphatic carbocycles. The van der Waals surface area contributed by atoms with E-state index in [-0.39, 0.29) is 11.8 Å². The SMILES string of the molecule is CCOCC(C)NCc1cc(OC)ccc1O. The molecule has 1 aromatic carbocycles. The van der Waals surface area contributed by atoms with Gasteiger partial charge >= 0.3 is 0 Å². The Kier molecular flexibility index (Phi) is 5.80. The number of aromatic hydroxyl groups is 1. The largest absolute Gasteiger partial charge is 0.508 e. The first kappa shape index (κ1) is 13.8. The van der Waals surface area contributed by atoms with Gasteiger partial charge in [0.1, 0.15) is 11.5 Å². The van der Waals surface area contributed by atoms with Crippen molar-refractivity contribution in [2.24, 2.45) is 0 Å². The molecule has 0 saturated carbocycles. The number of nitrogens with one attached hydrogen (secondary N) is 1. The van der Waals surface area contributed by atoms with Gasteiger partial charge in [-0.3, -0.25) is 0 Å². The second-order valence-corrected chi connectivity index (χ2v) is 3.94. The zero-order chi connectivity index (χ0) is 12.7. The highest BCUT2D eigenvalue weighted by molar-refractivity contribution is 5.39. The number of ether oxygens (including phenoxy) is 2. The van der Waals surface area contributed by atoms with Crippen molar-refractivity contribution in [1.29, 1.82) is 0 Å². The molecule has 1 aromatic rings. The molecule has 1 unspecified atom stereocenters. The highest BCUT2D eigenvalue weighted by atomic mass is 16.5. The maximum Gasteiger partial charge on any atom is 0.120 e. The standard InChI is InChI=1S/C13H21NO3/c1-4-17-9-10(2)14-8-11-7-12(16-3)5-6-13(11)15/h5-7,10,14-15H,4,8-9H2,1-3H3. The summed E-state index contributed by atoms with van der Waals surface area (Å²) in [5.74, 6) is 1.03. The van der Waals surface area contributed by atoms with E-state index < -0.39 is 0 Å². The lowest BCUT2D eigenvalue weighted by molar-refractivity contribution is 0.127. The number of hydrogen-bond acceptors (Lipinski definition) is 4. The molecule has 0 radical (unpaired) electrons. The third-order valence-corrected chi connectivity index (χ3v) is 2.50. The molecule has 0 bridgehead atoms. The molecular weight excluding hydrogens is 218 g/mol. The van der Waals surface area contributed by atoms with Crippen LogP contribution in [0.15, 0.2) is 18.2 Å². The van der Waals surface area contributed by atoms with Crippen LogP contribution in [0.5, 0.6) is 11.5 Å². The topological polar surface area (TPSA) is 50.7 Å². The predicted molar refractivity (Wildman–Crippen MR) is 67.5 cm³/mol. The Labute approximate surface area is 103 Å². The molecule has 0 aliphatic heterocycles. The van der Waals surface area contributed by atoms with E-state index in [1.807, 2.05) is 19.9 Å². The molecule has 0 saturated heterocycles. The molecule has 0 heterocycles. The Hall–Kier alpha value is -1.26. The first-order valence-electron chi connectivity index (χ1n) is 5.84. The van der Waals surface area contributed by atoms with Crippen LogP contribution in [0.1, 0.15) is 19.4 Å². The smallest absolute Gasteiger partial charge is 0.120 e. The first-order valence-corrected chi connectivity index (χ1v) is 5.84. The summed E-state index contributed by atoms with van der Waals surface area (Å²) < 4.78 is 10.4. The van der Waals surface area contributed by atoms with Crippen LogP contribution in [0, 0.1) is 0 Å². The number of benzene rings is 1. The second kappa shape index (κ2) is 7.14. The molecule has 4 heteroatoms. The van der Waals surface area contributed by atoms with Crippen LogP contribution in [0.25, 0.3) is 0 Å². The summed E-state index contributed by atoms with van der Waals surface area (Å²) >= 11 is 0. The summed E-state index contributed by atoms with van der Waals surface area (Å²) in [4.78, 5) is 0. The van der Waals surface area contributed by atoms with E-state index in [1.165, 1.54) is 0 Å². The lowest BCUT2D eigenvalue weighted by Crippen LogP contribution is -2.30. The summed E-state index contributed by atoms with van der Waals surface area (Å²) in [6, 6.07) is 5.46. The van der Waals surface area contributed by atoms with Crippen LogP contribution in [0.3, 0.4) is 0 Å². The number of methoxy groups -OCH3 is 1. The number of hydrogen-bond donors (Lipinski definition) is 2. The molecule has 0 fully saturated rings. The summed E-state index contributed by atoms with van der Waals surface area (Å²) in [7, 11) is 1.61. The van der Waals surface area contributed by atoms with E-state index in [4.69, 9.17) is 9.47 Å². The average Bonchev–Trinajstić information content (AvgIpc) is 2.35. The van der Waals surface area contributed by atoms with E-state index in [1.54, 1.807) is 19.2 Å². The Morgan fingerprint density at radius 1 is 1.41 bits per heavy atom. The van der Waals surface area contributed by atoms with Crippen LogP contribution in [0.4, 0.5) is 0 Å². The lowest BCUT2D eigenvalue weighted by atomic mass is 10.2. The monoisotopic (exact) mass is 239 g/mol. The third kappa shape index (κ3) is 4.63. The summed E-state index contributed by atoms with van der Waals surface area (Å²) in [6.07, 6.45) is 0. The Morgan fingerprint density at radius 2 is 2.18 bits per heavy atom. The van der Waals surface area contributed by atoms with Crippen molar-refractivity contribution in [1.82, 2.24) is 5.32 Å². The molecule has 4 nitrogen and oxygen atoms in total.